The summed E-state index contributed by atoms with van der Waals surface area (Å²) in [6, 6.07) is 10.4. The lowest BCUT2D eigenvalue weighted by molar-refractivity contribution is -0.125. The number of benzene rings is 1. The van der Waals surface area contributed by atoms with Crippen molar-refractivity contribution in [2.75, 3.05) is 6.54 Å². The first-order valence-electron chi connectivity index (χ1n) is 7.06. The summed E-state index contributed by atoms with van der Waals surface area (Å²) in [6.45, 7) is 2.93. The van der Waals surface area contributed by atoms with Crippen molar-refractivity contribution in [3.8, 4) is 0 Å². The van der Waals surface area contributed by atoms with Crippen LogP contribution in [-0.4, -0.2) is 12.5 Å². The molecule has 0 saturated heterocycles. The van der Waals surface area contributed by atoms with Gasteiger partial charge < -0.3 is 5.32 Å². The number of amides is 1. The predicted octanol–water partition coefficient (Wildman–Crippen LogP) is 2.95. The maximum atomic E-state index is 12.0. The van der Waals surface area contributed by atoms with Crippen molar-refractivity contribution in [3.05, 3.63) is 35.9 Å². The number of nitrogens with one attached hydrogen (secondary N) is 1. The molecule has 96 valence electrons. The van der Waals surface area contributed by atoms with Crippen molar-refractivity contribution in [2.24, 2.45) is 17.8 Å². The van der Waals surface area contributed by atoms with Crippen molar-refractivity contribution in [2.45, 2.75) is 32.1 Å². The van der Waals surface area contributed by atoms with E-state index >= 15 is 0 Å². The van der Waals surface area contributed by atoms with Crippen LogP contribution in [0.2, 0.25) is 0 Å². The van der Waals surface area contributed by atoms with E-state index in [1.54, 1.807) is 0 Å². The van der Waals surface area contributed by atoms with Crippen LogP contribution in [-0.2, 0) is 4.79 Å². The molecule has 2 fully saturated rings. The summed E-state index contributed by atoms with van der Waals surface area (Å²) in [6.07, 6.45) is 3.65. The maximum absolute atomic E-state index is 12.0. The van der Waals surface area contributed by atoms with Crippen LogP contribution < -0.4 is 5.32 Å². The van der Waals surface area contributed by atoms with Gasteiger partial charge >= 0.3 is 0 Å². The van der Waals surface area contributed by atoms with Crippen LogP contribution in [0.3, 0.4) is 0 Å². The summed E-state index contributed by atoms with van der Waals surface area (Å²) in [7, 11) is 0. The zero-order valence-corrected chi connectivity index (χ0v) is 10.9. The van der Waals surface area contributed by atoms with Crippen LogP contribution in [0.25, 0.3) is 0 Å². The molecule has 1 N–H and O–H groups in total. The average Bonchev–Trinajstić information content (AvgIpc) is 3.03. The molecule has 0 radical (unpaired) electrons. The third kappa shape index (κ3) is 2.43. The molecule has 3 unspecified atom stereocenters. The molecule has 18 heavy (non-hydrogen) atoms. The monoisotopic (exact) mass is 243 g/mol. The fourth-order valence-corrected chi connectivity index (χ4v) is 3.23. The Morgan fingerprint density at radius 2 is 1.89 bits per heavy atom. The molecule has 2 heteroatoms. The molecule has 0 spiro atoms. The van der Waals surface area contributed by atoms with Crippen molar-refractivity contribution in [1.29, 1.82) is 0 Å². The second-order valence-electron chi connectivity index (χ2n) is 5.98. The summed E-state index contributed by atoms with van der Waals surface area (Å²) in [5.41, 5.74) is 1.30. The molecule has 0 heterocycles. The van der Waals surface area contributed by atoms with Gasteiger partial charge in [0.05, 0.1) is 0 Å². The summed E-state index contributed by atoms with van der Waals surface area (Å²) in [5, 5.41) is 3.13. The van der Waals surface area contributed by atoms with Crippen LogP contribution in [0.1, 0.15) is 37.7 Å². The number of carbonyl (C=O) groups excluding carboxylic acids is 1. The van der Waals surface area contributed by atoms with E-state index < -0.39 is 0 Å². The number of hydrogen-bond acceptors (Lipinski definition) is 1. The number of carbonyl (C=O) groups is 1. The molecule has 1 aromatic carbocycles. The van der Waals surface area contributed by atoms with Gasteiger partial charge in [-0.15, -0.1) is 0 Å². The largest absolute Gasteiger partial charge is 0.355 e. The highest BCUT2D eigenvalue weighted by Gasteiger charge is 2.47. The minimum Gasteiger partial charge on any atom is -0.355 e. The lowest BCUT2D eigenvalue weighted by atomic mass is 9.99. The van der Waals surface area contributed by atoms with Gasteiger partial charge in [0, 0.05) is 12.5 Å². The van der Waals surface area contributed by atoms with Crippen LogP contribution in [0.15, 0.2) is 30.3 Å². The van der Waals surface area contributed by atoms with E-state index in [2.05, 4.69) is 36.5 Å². The Kier molecular flexibility index (Phi) is 3.11. The Hall–Kier alpha value is -1.31. The van der Waals surface area contributed by atoms with Crippen molar-refractivity contribution in [3.63, 3.8) is 0 Å². The zero-order valence-electron chi connectivity index (χ0n) is 10.9. The van der Waals surface area contributed by atoms with Gasteiger partial charge in [-0.2, -0.15) is 0 Å². The van der Waals surface area contributed by atoms with Crippen molar-refractivity contribution in [1.82, 2.24) is 5.32 Å². The van der Waals surface area contributed by atoms with Crippen LogP contribution in [0, 0.1) is 17.8 Å². The molecule has 2 aliphatic rings. The van der Waals surface area contributed by atoms with Crippen molar-refractivity contribution >= 4 is 5.91 Å². The van der Waals surface area contributed by atoms with Crippen LogP contribution in [0.4, 0.5) is 0 Å². The highest BCUT2D eigenvalue weighted by atomic mass is 16.1. The van der Waals surface area contributed by atoms with Crippen molar-refractivity contribution < 1.29 is 4.79 Å². The molecule has 0 aliphatic heterocycles. The molecule has 2 nitrogen and oxygen atoms in total. The van der Waals surface area contributed by atoms with Gasteiger partial charge in [-0.05, 0) is 42.6 Å². The quantitative estimate of drug-likeness (QED) is 0.865. The predicted molar refractivity (Wildman–Crippen MR) is 72.2 cm³/mol. The highest BCUT2D eigenvalue weighted by molar-refractivity contribution is 5.79. The third-order valence-corrected chi connectivity index (χ3v) is 4.57. The Morgan fingerprint density at radius 1 is 1.22 bits per heavy atom. The highest BCUT2D eigenvalue weighted by Crippen LogP contribution is 2.54. The van der Waals surface area contributed by atoms with E-state index in [9.17, 15) is 4.79 Å². The summed E-state index contributed by atoms with van der Waals surface area (Å²) in [5.74, 6) is 2.74. The second-order valence-corrected chi connectivity index (χ2v) is 5.98. The molecule has 0 bridgehead atoms. The van der Waals surface area contributed by atoms with Gasteiger partial charge in [0.25, 0.3) is 0 Å². The molecule has 3 rings (SSSR count). The topological polar surface area (TPSA) is 29.1 Å². The van der Waals surface area contributed by atoms with Gasteiger partial charge in [-0.25, -0.2) is 0 Å². The fraction of sp³-hybridized carbons (Fsp3) is 0.562. The van der Waals surface area contributed by atoms with E-state index in [-0.39, 0.29) is 5.91 Å². The number of rotatable bonds is 4. The van der Waals surface area contributed by atoms with Gasteiger partial charge in [-0.3, -0.25) is 4.79 Å². The lowest BCUT2D eigenvalue weighted by Crippen LogP contribution is -2.32. The first kappa shape index (κ1) is 11.8. The minimum atomic E-state index is 0.282. The lowest BCUT2D eigenvalue weighted by Gasteiger charge is -2.16. The first-order chi connectivity index (χ1) is 8.74. The van der Waals surface area contributed by atoms with Gasteiger partial charge in [0.1, 0.15) is 0 Å². The number of fused-ring (bicyclic) bond motifs is 1. The molecule has 2 saturated carbocycles. The third-order valence-electron chi connectivity index (χ3n) is 4.57. The second kappa shape index (κ2) is 4.75. The smallest absolute Gasteiger partial charge is 0.223 e. The molecule has 2 aliphatic carbocycles. The van der Waals surface area contributed by atoms with E-state index in [1.807, 2.05) is 6.07 Å². The van der Waals surface area contributed by atoms with Crippen LogP contribution in [0.5, 0.6) is 0 Å². The molecule has 3 atom stereocenters. The van der Waals surface area contributed by atoms with E-state index in [0.717, 1.165) is 31.2 Å². The Balaban J connectivity index is 1.47. The number of hydrogen-bond donors (Lipinski definition) is 1. The fourth-order valence-electron chi connectivity index (χ4n) is 3.23. The zero-order chi connectivity index (χ0) is 12.5. The Bertz CT molecular complexity index is 418. The Morgan fingerprint density at radius 3 is 2.56 bits per heavy atom. The molecule has 1 aromatic rings. The maximum Gasteiger partial charge on any atom is 0.223 e. The van der Waals surface area contributed by atoms with Gasteiger partial charge in [-0.1, -0.05) is 37.3 Å². The van der Waals surface area contributed by atoms with Gasteiger partial charge in [0.15, 0.2) is 0 Å². The van der Waals surface area contributed by atoms with Crippen LogP contribution >= 0.6 is 0 Å². The van der Waals surface area contributed by atoms with E-state index in [0.29, 0.717) is 11.8 Å². The SMILES string of the molecule is CC(CNC(=O)C1CC2CC2C1)c1ccccc1. The summed E-state index contributed by atoms with van der Waals surface area (Å²) >= 11 is 0. The average molecular weight is 243 g/mol. The Labute approximate surface area is 109 Å². The summed E-state index contributed by atoms with van der Waals surface area (Å²) < 4.78 is 0. The molecule has 1 amide bonds. The molecular formula is C16H21NO. The minimum absolute atomic E-state index is 0.282. The molecule has 0 aromatic heterocycles. The standard InChI is InChI=1S/C16H21NO/c1-11(12-5-3-2-4-6-12)10-17-16(18)15-8-13-7-14(13)9-15/h2-6,11,13-15H,7-10H2,1H3,(H,17,18). The normalized spacial score (nSPS) is 30.6. The van der Waals surface area contributed by atoms with E-state index in [4.69, 9.17) is 0 Å². The van der Waals surface area contributed by atoms with Gasteiger partial charge in [0.2, 0.25) is 5.91 Å². The molecular weight excluding hydrogens is 222 g/mol. The summed E-state index contributed by atoms with van der Waals surface area (Å²) in [4.78, 5) is 12.0. The first-order valence-corrected chi connectivity index (χ1v) is 7.06. The van der Waals surface area contributed by atoms with E-state index in [1.165, 1.54) is 12.0 Å².